The Labute approximate surface area is 158 Å². The highest BCUT2D eigenvalue weighted by Crippen LogP contribution is 2.26. The minimum atomic E-state index is -0.160. The molecule has 0 fully saturated rings. The topological polar surface area (TPSA) is 67.3 Å². The van der Waals surface area contributed by atoms with Gasteiger partial charge in [0.15, 0.2) is 0 Å². The molecule has 1 heterocycles. The molecular formula is C21H22N4O2. The lowest BCUT2D eigenvalue weighted by Gasteiger charge is -2.18. The Morgan fingerprint density at radius 2 is 1.78 bits per heavy atom. The highest BCUT2D eigenvalue weighted by Gasteiger charge is 2.16. The zero-order chi connectivity index (χ0) is 19.2. The summed E-state index contributed by atoms with van der Waals surface area (Å²) in [7, 11) is 3.37. The van der Waals surface area contributed by atoms with Crippen molar-refractivity contribution in [1.29, 1.82) is 0 Å². The minimum Gasteiger partial charge on any atom is -0.495 e. The van der Waals surface area contributed by atoms with E-state index in [1.165, 1.54) is 0 Å². The lowest BCUT2D eigenvalue weighted by atomic mass is 10.2. The number of para-hydroxylation sites is 2. The van der Waals surface area contributed by atoms with Gasteiger partial charge in [0.1, 0.15) is 23.1 Å². The molecule has 3 aromatic rings. The zero-order valence-electron chi connectivity index (χ0n) is 15.6. The molecule has 0 unspecified atom stereocenters. The van der Waals surface area contributed by atoms with Crippen molar-refractivity contribution in [1.82, 2.24) is 14.9 Å². The summed E-state index contributed by atoms with van der Waals surface area (Å²) in [6.45, 7) is 2.28. The number of rotatable bonds is 6. The van der Waals surface area contributed by atoms with Crippen molar-refractivity contribution in [2.75, 3.05) is 19.5 Å². The first-order valence-corrected chi connectivity index (χ1v) is 8.62. The molecule has 0 saturated heterocycles. The van der Waals surface area contributed by atoms with Crippen molar-refractivity contribution >= 4 is 17.4 Å². The lowest BCUT2D eigenvalue weighted by molar-refractivity contribution is 0.0779. The van der Waals surface area contributed by atoms with Crippen LogP contribution in [0.15, 0.2) is 60.7 Å². The number of hydrogen-bond acceptors (Lipinski definition) is 5. The Morgan fingerprint density at radius 1 is 1.07 bits per heavy atom. The van der Waals surface area contributed by atoms with E-state index in [-0.39, 0.29) is 5.91 Å². The van der Waals surface area contributed by atoms with Gasteiger partial charge in [0.25, 0.3) is 5.91 Å². The largest absolute Gasteiger partial charge is 0.495 e. The van der Waals surface area contributed by atoms with Crippen LogP contribution in [0.4, 0.5) is 11.5 Å². The molecule has 0 radical (unpaired) electrons. The number of nitrogens with one attached hydrogen (secondary N) is 1. The van der Waals surface area contributed by atoms with Crippen molar-refractivity contribution in [3.05, 3.63) is 77.7 Å². The maximum Gasteiger partial charge on any atom is 0.272 e. The predicted molar refractivity (Wildman–Crippen MR) is 105 cm³/mol. The van der Waals surface area contributed by atoms with Gasteiger partial charge in [0.2, 0.25) is 0 Å². The zero-order valence-corrected chi connectivity index (χ0v) is 15.6. The summed E-state index contributed by atoms with van der Waals surface area (Å²) < 4.78 is 5.35. The SMILES string of the molecule is COc1ccccc1Nc1cc(C(=O)N(C)Cc2ccccc2)nc(C)n1. The number of amides is 1. The van der Waals surface area contributed by atoms with Crippen molar-refractivity contribution in [2.24, 2.45) is 0 Å². The molecule has 3 rings (SSSR count). The quantitative estimate of drug-likeness (QED) is 0.722. The molecule has 0 aliphatic heterocycles. The maximum atomic E-state index is 12.8. The van der Waals surface area contributed by atoms with E-state index in [9.17, 15) is 4.79 Å². The van der Waals surface area contributed by atoms with Crippen LogP contribution >= 0.6 is 0 Å². The van der Waals surface area contributed by atoms with Gasteiger partial charge in [-0.1, -0.05) is 42.5 Å². The molecule has 6 heteroatoms. The van der Waals surface area contributed by atoms with Crippen LogP contribution in [0.2, 0.25) is 0 Å². The molecule has 1 aromatic heterocycles. The van der Waals surface area contributed by atoms with E-state index in [0.29, 0.717) is 29.6 Å². The van der Waals surface area contributed by atoms with Gasteiger partial charge in [-0.2, -0.15) is 0 Å². The summed E-state index contributed by atoms with van der Waals surface area (Å²) in [5.41, 5.74) is 2.18. The van der Waals surface area contributed by atoms with E-state index in [1.54, 1.807) is 32.0 Å². The first kappa shape index (κ1) is 18.4. The number of carbonyl (C=O) groups is 1. The molecule has 138 valence electrons. The Kier molecular flexibility index (Phi) is 5.66. The van der Waals surface area contributed by atoms with E-state index < -0.39 is 0 Å². The number of carbonyl (C=O) groups excluding carboxylic acids is 1. The smallest absolute Gasteiger partial charge is 0.272 e. The molecule has 2 aromatic carbocycles. The predicted octanol–water partition coefficient (Wildman–Crippen LogP) is 3.81. The van der Waals surface area contributed by atoms with Gasteiger partial charge in [-0.15, -0.1) is 0 Å². The van der Waals surface area contributed by atoms with Gasteiger partial charge in [-0.05, 0) is 24.6 Å². The van der Waals surface area contributed by atoms with Crippen LogP contribution in [0.25, 0.3) is 0 Å². The highest BCUT2D eigenvalue weighted by molar-refractivity contribution is 5.93. The molecule has 27 heavy (non-hydrogen) atoms. The Bertz CT molecular complexity index is 928. The molecule has 0 saturated carbocycles. The number of aromatic nitrogens is 2. The maximum absolute atomic E-state index is 12.8. The van der Waals surface area contributed by atoms with Crippen molar-refractivity contribution in [3.8, 4) is 5.75 Å². The van der Waals surface area contributed by atoms with Crippen LogP contribution in [0.5, 0.6) is 5.75 Å². The van der Waals surface area contributed by atoms with Crippen LogP contribution < -0.4 is 10.1 Å². The third-order valence-corrected chi connectivity index (χ3v) is 4.04. The molecule has 1 amide bonds. The van der Waals surface area contributed by atoms with Gasteiger partial charge >= 0.3 is 0 Å². The van der Waals surface area contributed by atoms with Gasteiger partial charge in [0.05, 0.1) is 12.8 Å². The van der Waals surface area contributed by atoms with Gasteiger partial charge in [-0.3, -0.25) is 4.79 Å². The normalized spacial score (nSPS) is 10.3. The Morgan fingerprint density at radius 3 is 2.52 bits per heavy atom. The van der Waals surface area contributed by atoms with E-state index in [0.717, 1.165) is 11.3 Å². The fourth-order valence-electron chi connectivity index (χ4n) is 2.75. The number of hydrogen-bond donors (Lipinski definition) is 1. The van der Waals surface area contributed by atoms with Crippen molar-refractivity contribution < 1.29 is 9.53 Å². The number of anilines is 2. The van der Waals surface area contributed by atoms with Gasteiger partial charge in [0, 0.05) is 19.7 Å². The fourth-order valence-corrected chi connectivity index (χ4v) is 2.75. The molecule has 0 aliphatic carbocycles. The first-order valence-electron chi connectivity index (χ1n) is 8.62. The molecule has 0 spiro atoms. The third-order valence-electron chi connectivity index (χ3n) is 4.04. The lowest BCUT2D eigenvalue weighted by Crippen LogP contribution is -2.27. The number of nitrogens with zero attached hydrogens (tertiary/aromatic N) is 3. The Hall–Kier alpha value is -3.41. The first-order chi connectivity index (χ1) is 13.1. The van der Waals surface area contributed by atoms with Crippen LogP contribution in [0.1, 0.15) is 21.9 Å². The van der Waals surface area contributed by atoms with E-state index in [2.05, 4.69) is 15.3 Å². The van der Waals surface area contributed by atoms with Gasteiger partial charge < -0.3 is 15.0 Å². The summed E-state index contributed by atoms with van der Waals surface area (Å²) in [6.07, 6.45) is 0. The average molecular weight is 362 g/mol. The highest BCUT2D eigenvalue weighted by atomic mass is 16.5. The second kappa shape index (κ2) is 8.31. The van der Waals surface area contributed by atoms with Crippen molar-refractivity contribution in [3.63, 3.8) is 0 Å². The summed E-state index contributed by atoms with van der Waals surface area (Å²) in [6, 6.07) is 19.0. The summed E-state index contributed by atoms with van der Waals surface area (Å²) in [4.78, 5) is 23.1. The average Bonchev–Trinajstić information content (AvgIpc) is 2.68. The second-order valence-electron chi connectivity index (χ2n) is 6.16. The van der Waals surface area contributed by atoms with Crippen LogP contribution in [0.3, 0.4) is 0 Å². The van der Waals surface area contributed by atoms with E-state index in [4.69, 9.17) is 4.74 Å². The monoisotopic (exact) mass is 362 g/mol. The molecule has 0 aliphatic rings. The fraction of sp³-hybridized carbons (Fsp3) is 0.190. The number of ether oxygens (including phenoxy) is 1. The molecule has 0 atom stereocenters. The van der Waals surface area contributed by atoms with Crippen LogP contribution in [-0.4, -0.2) is 34.9 Å². The molecule has 1 N–H and O–H groups in total. The van der Waals surface area contributed by atoms with Crippen molar-refractivity contribution in [2.45, 2.75) is 13.5 Å². The number of methoxy groups -OCH3 is 1. The van der Waals surface area contributed by atoms with E-state index in [1.807, 2.05) is 54.6 Å². The standard InChI is InChI=1S/C21H22N4O2/c1-15-22-18(21(26)25(2)14-16-9-5-4-6-10-16)13-20(23-15)24-17-11-7-8-12-19(17)27-3/h4-13H,14H2,1-3H3,(H,22,23,24). The summed E-state index contributed by atoms with van der Waals surface area (Å²) >= 11 is 0. The molecule has 0 bridgehead atoms. The van der Waals surface area contributed by atoms with Gasteiger partial charge in [-0.25, -0.2) is 9.97 Å². The van der Waals surface area contributed by atoms with Crippen LogP contribution in [0, 0.1) is 6.92 Å². The molecule has 6 nitrogen and oxygen atoms in total. The summed E-state index contributed by atoms with van der Waals surface area (Å²) in [5.74, 6) is 1.60. The van der Waals surface area contributed by atoms with Crippen LogP contribution in [-0.2, 0) is 6.54 Å². The molecular weight excluding hydrogens is 340 g/mol. The third kappa shape index (κ3) is 4.61. The number of aryl methyl sites for hydroxylation is 1. The minimum absolute atomic E-state index is 0.160. The number of benzene rings is 2. The Balaban J connectivity index is 1.81. The second-order valence-corrected chi connectivity index (χ2v) is 6.16. The summed E-state index contributed by atoms with van der Waals surface area (Å²) in [5, 5.41) is 3.20. The van der Waals surface area contributed by atoms with E-state index >= 15 is 0 Å².